The fourth-order valence-electron chi connectivity index (χ4n) is 8.83. The van der Waals surface area contributed by atoms with E-state index in [4.69, 9.17) is 0 Å². The molecule has 26 heavy (non-hydrogen) atoms. The van der Waals surface area contributed by atoms with Crippen LogP contribution in [0.1, 0.15) is 105 Å². The zero-order valence-electron chi connectivity index (χ0n) is 18.2. The quantitative estimate of drug-likeness (QED) is 0.581. The van der Waals surface area contributed by atoms with Crippen molar-refractivity contribution in [2.45, 2.75) is 111 Å². The van der Waals surface area contributed by atoms with Crippen molar-refractivity contribution in [3.63, 3.8) is 0 Å². The number of rotatable bonds is 4. The summed E-state index contributed by atoms with van der Waals surface area (Å²) in [6.07, 6.45) is 17.8. The molecule has 3 saturated carbocycles. The number of unbranched alkanes of at least 4 members (excludes halogenated alkanes) is 1. The van der Waals surface area contributed by atoms with Gasteiger partial charge in [-0.25, -0.2) is 0 Å². The van der Waals surface area contributed by atoms with E-state index in [1.807, 2.05) is 0 Å². The Kier molecular flexibility index (Phi) is 5.50. The molecule has 4 aliphatic rings. The molecule has 0 aromatic heterocycles. The summed E-state index contributed by atoms with van der Waals surface area (Å²) in [5.41, 5.74) is 1.25. The molecule has 0 aromatic carbocycles. The van der Waals surface area contributed by atoms with Crippen LogP contribution in [0, 0.1) is 40.4 Å². The SMILES string of the molecule is CCCCC1NCCC2C3C[C@H](CC)C4CCCCC4(C)[C@H]3CCC12C. The Morgan fingerprint density at radius 2 is 1.69 bits per heavy atom. The number of nitrogens with one attached hydrogen (secondary N) is 1. The second-order valence-corrected chi connectivity index (χ2v) is 11.1. The topological polar surface area (TPSA) is 12.0 Å². The van der Waals surface area contributed by atoms with E-state index in [1.54, 1.807) is 12.8 Å². The summed E-state index contributed by atoms with van der Waals surface area (Å²) in [5.74, 6) is 5.14. The first kappa shape index (κ1) is 19.3. The summed E-state index contributed by atoms with van der Waals surface area (Å²) in [5, 5.41) is 3.98. The van der Waals surface area contributed by atoms with Crippen LogP contribution in [-0.4, -0.2) is 12.6 Å². The molecule has 6 unspecified atom stereocenters. The fraction of sp³-hybridized carbons (Fsp3) is 1.00. The molecule has 4 rings (SSSR count). The maximum atomic E-state index is 3.98. The first-order valence-corrected chi connectivity index (χ1v) is 12.3. The van der Waals surface area contributed by atoms with E-state index >= 15 is 0 Å². The second-order valence-electron chi connectivity index (χ2n) is 11.1. The van der Waals surface area contributed by atoms with Crippen LogP contribution in [0.5, 0.6) is 0 Å². The second kappa shape index (κ2) is 7.41. The molecule has 1 saturated heterocycles. The van der Waals surface area contributed by atoms with Crippen molar-refractivity contribution in [3.8, 4) is 0 Å². The average molecular weight is 360 g/mol. The summed E-state index contributed by atoms with van der Waals surface area (Å²) in [6, 6.07) is 0.791. The van der Waals surface area contributed by atoms with Crippen LogP contribution in [0.25, 0.3) is 0 Å². The van der Waals surface area contributed by atoms with Crippen molar-refractivity contribution in [1.29, 1.82) is 0 Å². The van der Waals surface area contributed by atoms with Crippen LogP contribution in [0.4, 0.5) is 0 Å². The Labute approximate surface area is 163 Å². The van der Waals surface area contributed by atoms with Crippen LogP contribution < -0.4 is 5.32 Å². The third kappa shape index (κ3) is 2.90. The maximum Gasteiger partial charge on any atom is 0.0124 e. The molecule has 8 atom stereocenters. The van der Waals surface area contributed by atoms with E-state index in [0.717, 1.165) is 35.6 Å². The molecular weight excluding hydrogens is 314 g/mol. The molecule has 0 amide bonds. The van der Waals surface area contributed by atoms with Gasteiger partial charge in [-0.2, -0.15) is 0 Å². The van der Waals surface area contributed by atoms with E-state index in [-0.39, 0.29) is 0 Å². The summed E-state index contributed by atoms with van der Waals surface area (Å²) in [4.78, 5) is 0. The van der Waals surface area contributed by atoms with Crippen LogP contribution in [-0.2, 0) is 0 Å². The Bertz CT molecular complexity index is 487. The monoisotopic (exact) mass is 359 g/mol. The Balaban J connectivity index is 1.62. The summed E-state index contributed by atoms with van der Waals surface area (Å²) in [6.45, 7) is 11.6. The fourth-order valence-corrected chi connectivity index (χ4v) is 8.83. The van der Waals surface area contributed by atoms with Crippen LogP contribution in [0.3, 0.4) is 0 Å². The molecule has 0 spiro atoms. The summed E-state index contributed by atoms with van der Waals surface area (Å²) >= 11 is 0. The highest BCUT2D eigenvalue weighted by Crippen LogP contribution is 2.66. The molecule has 1 heterocycles. The number of fused-ring (bicyclic) bond motifs is 5. The Morgan fingerprint density at radius 1 is 0.885 bits per heavy atom. The van der Waals surface area contributed by atoms with Gasteiger partial charge in [0.1, 0.15) is 0 Å². The predicted molar refractivity (Wildman–Crippen MR) is 112 cm³/mol. The maximum absolute atomic E-state index is 3.98. The number of hydrogen-bond acceptors (Lipinski definition) is 1. The number of piperidine rings is 1. The first-order chi connectivity index (χ1) is 12.5. The lowest BCUT2D eigenvalue weighted by atomic mass is 9.41. The molecule has 150 valence electrons. The highest BCUT2D eigenvalue weighted by atomic mass is 15.0. The smallest absolute Gasteiger partial charge is 0.0124 e. The molecule has 0 bridgehead atoms. The van der Waals surface area contributed by atoms with Crippen molar-refractivity contribution in [2.75, 3.05) is 6.54 Å². The van der Waals surface area contributed by atoms with E-state index < -0.39 is 0 Å². The normalized spacial score (nSPS) is 51.2. The van der Waals surface area contributed by atoms with Crippen LogP contribution in [0.2, 0.25) is 0 Å². The van der Waals surface area contributed by atoms with Gasteiger partial charge in [0, 0.05) is 6.04 Å². The van der Waals surface area contributed by atoms with Gasteiger partial charge in [0.15, 0.2) is 0 Å². The van der Waals surface area contributed by atoms with E-state index in [1.165, 1.54) is 70.8 Å². The molecule has 0 radical (unpaired) electrons. The third-order valence-electron chi connectivity index (χ3n) is 10.2. The highest BCUT2D eigenvalue weighted by Gasteiger charge is 2.59. The molecule has 1 N–H and O–H groups in total. The van der Waals surface area contributed by atoms with Crippen molar-refractivity contribution in [2.24, 2.45) is 40.4 Å². The molecule has 3 aliphatic carbocycles. The van der Waals surface area contributed by atoms with Gasteiger partial charge in [-0.3, -0.25) is 0 Å². The predicted octanol–water partition coefficient (Wildman–Crippen LogP) is 6.81. The zero-order valence-corrected chi connectivity index (χ0v) is 18.2. The summed E-state index contributed by atoms with van der Waals surface area (Å²) in [7, 11) is 0. The van der Waals surface area contributed by atoms with Crippen LogP contribution >= 0.6 is 0 Å². The van der Waals surface area contributed by atoms with Crippen molar-refractivity contribution in [3.05, 3.63) is 0 Å². The summed E-state index contributed by atoms with van der Waals surface area (Å²) < 4.78 is 0. The molecule has 1 nitrogen and oxygen atoms in total. The lowest BCUT2D eigenvalue weighted by molar-refractivity contribution is -0.152. The van der Waals surface area contributed by atoms with Crippen molar-refractivity contribution < 1.29 is 0 Å². The molecule has 0 aromatic rings. The van der Waals surface area contributed by atoms with Crippen molar-refractivity contribution in [1.82, 2.24) is 5.32 Å². The van der Waals surface area contributed by atoms with E-state index in [0.29, 0.717) is 10.8 Å². The van der Waals surface area contributed by atoms with Gasteiger partial charge in [-0.05, 0) is 91.9 Å². The highest BCUT2D eigenvalue weighted by molar-refractivity contribution is 5.10. The third-order valence-corrected chi connectivity index (χ3v) is 10.2. The Morgan fingerprint density at radius 3 is 2.46 bits per heavy atom. The van der Waals surface area contributed by atoms with Crippen LogP contribution in [0.15, 0.2) is 0 Å². The first-order valence-electron chi connectivity index (χ1n) is 12.3. The van der Waals surface area contributed by atoms with E-state index in [2.05, 4.69) is 33.0 Å². The van der Waals surface area contributed by atoms with Gasteiger partial charge in [0.2, 0.25) is 0 Å². The minimum absolute atomic E-state index is 0.574. The van der Waals surface area contributed by atoms with Gasteiger partial charge in [-0.15, -0.1) is 0 Å². The van der Waals surface area contributed by atoms with Crippen molar-refractivity contribution >= 4 is 0 Å². The average Bonchev–Trinajstić information content (AvgIpc) is 2.64. The molecule has 4 fully saturated rings. The lowest BCUT2D eigenvalue weighted by Gasteiger charge is -2.65. The standard InChI is InChI=1S/C25H45N/c1-5-7-11-23-25(4)15-12-21-19(22(25)13-16-26-23)17-18(6-2)20-10-8-9-14-24(20,21)3/h18-23,26H,5-17H2,1-4H3/t18-,19?,20?,21-,22?,23?,24?,25?/m0/s1. The minimum Gasteiger partial charge on any atom is -0.313 e. The molecule has 1 aliphatic heterocycles. The minimum atomic E-state index is 0.574. The zero-order chi connectivity index (χ0) is 18.4. The Hall–Kier alpha value is -0.0400. The largest absolute Gasteiger partial charge is 0.313 e. The van der Waals surface area contributed by atoms with Gasteiger partial charge < -0.3 is 5.32 Å². The lowest BCUT2D eigenvalue weighted by Crippen LogP contribution is -2.62. The number of hydrogen-bond donors (Lipinski definition) is 1. The molecule has 1 heteroatoms. The molecular formula is C25H45N. The van der Waals surface area contributed by atoms with E-state index in [9.17, 15) is 0 Å². The van der Waals surface area contributed by atoms with Gasteiger partial charge in [0.25, 0.3) is 0 Å². The van der Waals surface area contributed by atoms with Gasteiger partial charge in [-0.1, -0.05) is 59.8 Å². The van der Waals surface area contributed by atoms with Gasteiger partial charge in [0.05, 0.1) is 0 Å². The van der Waals surface area contributed by atoms with Gasteiger partial charge >= 0.3 is 0 Å².